The topological polar surface area (TPSA) is 76.8 Å². The lowest BCUT2D eigenvalue weighted by atomic mass is 10.1. The second-order valence-corrected chi connectivity index (χ2v) is 9.29. The molecule has 6 nitrogen and oxygen atoms in total. The van der Waals surface area contributed by atoms with E-state index in [9.17, 15) is 17.6 Å². The summed E-state index contributed by atoms with van der Waals surface area (Å²) in [5.41, 5.74) is 2.24. The number of hydrogen-bond donors (Lipinski definition) is 0. The van der Waals surface area contributed by atoms with E-state index in [2.05, 4.69) is 0 Å². The van der Waals surface area contributed by atoms with Gasteiger partial charge < -0.3 is 13.5 Å². The summed E-state index contributed by atoms with van der Waals surface area (Å²) in [7, 11) is -4.14. The SMILES string of the molecule is Cc1ccc(C(=O)N(Cc2cccc(OS(=O)(=O)c3ccc(F)cc3)c2)Cc2ccco2)cc1. The molecule has 3 aromatic carbocycles. The van der Waals surface area contributed by atoms with E-state index in [0.29, 0.717) is 16.9 Å². The molecule has 8 heteroatoms. The van der Waals surface area contributed by atoms with Crippen LogP contribution in [0.4, 0.5) is 4.39 Å². The number of rotatable bonds is 8. The van der Waals surface area contributed by atoms with Crippen molar-refractivity contribution in [3.63, 3.8) is 0 Å². The number of amides is 1. The van der Waals surface area contributed by atoms with E-state index in [0.717, 1.165) is 29.8 Å². The number of halogens is 1. The van der Waals surface area contributed by atoms with Crippen molar-refractivity contribution in [1.29, 1.82) is 0 Å². The van der Waals surface area contributed by atoms with Crippen LogP contribution < -0.4 is 4.18 Å². The van der Waals surface area contributed by atoms with E-state index in [1.807, 2.05) is 19.1 Å². The summed E-state index contributed by atoms with van der Waals surface area (Å²) in [5, 5.41) is 0. The average molecular weight is 480 g/mol. The van der Waals surface area contributed by atoms with Crippen molar-refractivity contribution in [2.75, 3.05) is 0 Å². The van der Waals surface area contributed by atoms with Crippen LogP contribution in [0.2, 0.25) is 0 Å². The van der Waals surface area contributed by atoms with Crippen molar-refractivity contribution in [2.45, 2.75) is 24.9 Å². The van der Waals surface area contributed by atoms with E-state index in [1.54, 1.807) is 53.6 Å². The molecule has 0 atom stereocenters. The Morgan fingerprint density at radius 3 is 2.35 bits per heavy atom. The lowest BCUT2D eigenvalue weighted by Crippen LogP contribution is -2.30. The summed E-state index contributed by atoms with van der Waals surface area (Å²) in [6.45, 7) is 2.38. The van der Waals surface area contributed by atoms with Crippen molar-refractivity contribution in [2.24, 2.45) is 0 Å². The first-order valence-electron chi connectivity index (χ1n) is 10.5. The highest BCUT2D eigenvalue weighted by atomic mass is 32.2. The smallest absolute Gasteiger partial charge is 0.339 e. The zero-order valence-electron chi connectivity index (χ0n) is 18.3. The fourth-order valence-corrected chi connectivity index (χ4v) is 4.28. The summed E-state index contributed by atoms with van der Waals surface area (Å²) < 4.78 is 48.9. The Morgan fingerprint density at radius 1 is 0.941 bits per heavy atom. The maximum absolute atomic E-state index is 13.2. The molecule has 0 aliphatic carbocycles. The van der Waals surface area contributed by atoms with Crippen LogP contribution in [0, 0.1) is 12.7 Å². The molecule has 0 saturated heterocycles. The first-order valence-corrected chi connectivity index (χ1v) is 11.9. The number of carbonyl (C=O) groups is 1. The van der Waals surface area contributed by atoms with Crippen LogP contribution in [-0.2, 0) is 23.2 Å². The van der Waals surface area contributed by atoms with Crippen LogP contribution in [0.3, 0.4) is 0 Å². The van der Waals surface area contributed by atoms with Gasteiger partial charge in [-0.3, -0.25) is 4.79 Å². The normalized spacial score (nSPS) is 11.2. The molecule has 0 fully saturated rings. The molecular weight excluding hydrogens is 457 g/mol. The van der Waals surface area contributed by atoms with Crippen molar-refractivity contribution in [1.82, 2.24) is 4.90 Å². The molecule has 0 radical (unpaired) electrons. The summed E-state index contributed by atoms with van der Waals surface area (Å²) in [5.74, 6) is -0.0354. The molecule has 0 spiro atoms. The molecule has 1 amide bonds. The lowest BCUT2D eigenvalue weighted by Gasteiger charge is -2.22. The largest absolute Gasteiger partial charge is 0.467 e. The Morgan fingerprint density at radius 2 is 1.68 bits per heavy atom. The van der Waals surface area contributed by atoms with E-state index in [1.165, 1.54) is 6.07 Å². The van der Waals surface area contributed by atoms with Crippen LogP contribution >= 0.6 is 0 Å². The highest BCUT2D eigenvalue weighted by Gasteiger charge is 2.20. The van der Waals surface area contributed by atoms with E-state index < -0.39 is 15.9 Å². The number of hydrogen-bond acceptors (Lipinski definition) is 5. The molecule has 0 aliphatic rings. The van der Waals surface area contributed by atoms with Crippen LogP contribution in [0.15, 0.2) is 101 Å². The summed E-state index contributed by atoms with van der Waals surface area (Å²) in [4.78, 5) is 14.7. The quantitative estimate of drug-likeness (QED) is 0.319. The van der Waals surface area contributed by atoms with Gasteiger partial charge in [-0.05, 0) is 73.2 Å². The molecule has 4 aromatic rings. The number of aryl methyl sites for hydroxylation is 1. The average Bonchev–Trinajstić information content (AvgIpc) is 3.32. The molecular formula is C26H22FNO5S. The van der Waals surface area contributed by atoms with Gasteiger partial charge in [0.25, 0.3) is 5.91 Å². The standard InChI is InChI=1S/C26H22FNO5S/c1-19-7-9-21(10-8-19)26(29)28(18-24-6-3-15-32-24)17-20-4-2-5-23(16-20)33-34(30,31)25-13-11-22(27)12-14-25/h2-16H,17-18H2,1H3. The van der Waals surface area contributed by atoms with Crippen LogP contribution in [0.5, 0.6) is 5.75 Å². The fourth-order valence-electron chi connectivity index (χ4n) is 3.36. The number of nitrogens with zero attached hydrogens (tertiary/aromatic N) is 1. The molecule has 4 rings (SSSR count). The summed E-state index contributed by atoms with van der Waals surface area (Å²) in [6.07, 6.45) is 1.54. The molecule has 1 aromatic heterocycles. The fraction of sp³-hybridized carbons (Fsp3) is 0.115. The Kier molecular flexibility index (Phi) is 6.79. The third-order valence-electron chi connectivity index (χ3n) is 5.09. The zero-order valence-corrected chi connectivity index (χ0v) is 19.2. The lowest BCUT2D eigenvalue weighted by molar-refractivity contribution is 0.0717. The van der Waals surface area contributed by atoms with Gasteiger partial charge in [0.1, 0.15) is 22.2 Å². The third kappa shape index (κ3) is 5.71. The Balaban J connectivity index is 1.56. The highest BCUT2D eigenvalue weighted by molar-refractivity contribution is 7.87. The minimum atomic E-state index is -4.14. The number of benzene rings is 3. The van der Waals surface area contributed by atoms with Crippen LogP contribution in [0.1, 0.15) is 27.2 Å². The van der Waals surface area contributed by atoms with Gasteiger partial charge >= 0.3 is 10.1 Å². The molecule has 174 valence electrons. The van der Waals surface area contributed by atoms with Crippen LogP contribution in [-0.4, -0.2) is 19.2 Å². The minimum absolute atomic E-state index is 0.0857. The molecule has 0 saturated carbocycles. The first kappa shape index (κ1) is 23.3. The highest BCUT2D eigenvalue weighted by Crippen LogP contribution is 2.22. The van der Waals surface area contributed by atoms with Crippen molar-refractivity contribution in [3.8, 4) is 5.75 Å². The summed E-state index contributed by atoms with van der Waals surface area (Å²) in [6, 6.07) is 21.7. The zero-order chi connectivity index (χ0) is 24.1. The van der Waals surface area contributed by atoms with Gasteiger partial charge in [-0.1, -0.05) is 29.8 Å². The number of furan rings is 1. The second kappa shape index (κ2) is 9.93. The summed E-state index contributed by atoms with van der Waals surface area (Å²) >= 11 is 0. The van der Waals surface area contributed by atoms with Crippen molar-refractivity contribution < 1.29 is 26.2 Å². The second-order valence-electron chi connectivity index (χ2n) is 7.75. The van der Waals surface area contributed by atoms with E-state index in [-0.39, 0.29) is 29.6 Å². The first-order chi connectivity index (χ1) is 16.3. The van der Waals surface area contributed by atoms with E-state index in [4.69, 9.17) is 8.60 Å². The Labute approximate surface area is 197 Å². The van der Waals surface area contributed by atoms with Crippen LogP contribution in [0.25, 0.3) is 0 Å². The Hall–Kier alpha value is -3.91. The minimum Gasteiger partial charge on any atom is -0.467 e. The predicted molar refractivity (Wildman–Crippen MR) is 124 cm³/mol. The monoisotopic (exact) mass is 479 g/mol. The molecule has 0 unspecified atom stereocenters. The van der Waals surface area contributed by atoms with E-state index >= 15 is 0 Å². The van der Waals surface area contributed by atoms with Gasteiger partial charge in [0.15, 0.2) is 0 Å². The van der Waals surface area contributed by atoms with Gasteiger partial charge in [0.05, 0.1) is 12.8 Å². The van der Waals surface area contributed by atoms with Gasteiger partial charge in [-0.2, -0.15) is 8.42 Å². The van der Waals surface area contributed by atoms with Gasteiger partial charge in [0.2, 0.25) is 0 Å². The van der Waals surface area contributed by atoms with Gasteiger partial charge in [-0.25, -0.2) is 4.39 Å². The van der Waals surface area contributed by atoms with Crippen molar-refractivity contribution in [3.05, 3.63) is 119 Å². The van der Waals surface area contributed by atoms with Crippen molar-refractivity contribution >= 4 is 16.0 Å². The van der Waals surface area contributed by atoms with Gasteiger partial charge in [0, 0.05) is 12.1 Å². The molecule has 0 aliphatic heterocycles. The molecule has 0 bridgehead atoms. The van der Waals surface area contributed by atoms with Gasteiger partial charge in [-0.15, -0.1) is 0 Å². The Bertz CT molecular complexity index is 1370. The number of carbonyl (C=O) groups excluding carboxylic acids is 1. The third-order valence-corrected chi connectivity index (χ3v) is 6.35. The maximum Gasteiger partial charge on any atom is 0.339 e. The molecule has 0 N–H and O–H groups in total. The predicted octanol–water partition coefficient (Wildman–Crippen LogP) is 5.34. The maximum atomic E-state index is 13.2. The molecule has 1 heterocycles. The molecule has 34 heavy (non-hydrogen) atoms.